The third kappa shape index (κ3) is 2.34. The van der Waals surface area contributed by atoms with Crippen molar-refractivity contribution in [1.29, 1.82) is 0 Å². The maximum atomic E-state index is 11.9. The second-order valence-corrected chi connectivity index (χ2v) is 6.14. The van der Waals surface area contributed by atoms with Crippen LogP contribution >= 0.6 is 11.8 Å². The van der Waals surface area contributed by atoms with Crippen LogP contribution in [0.3, 0.4) is 0 Å². The van der Waals surface area contributed by atoms with Gasteiger partial charge in [-0.15, -0.1) is 0 Å². The summed E-state index contributed by atoms with van der Waals surface area (Å²) in [5.74, 6) is -2.24. The molecule has 3 heterocycles. The maximum Gasteiger partial charge on any atom is 1.00 e. The number of hydrogen-bond acceptors (Lipinski definition) is 6. The van der Waals surface area contributed by atoms with Crippen LogP contribution in [0.5, 0.6) is 0 Å². The molecule has 3 aliphatic rings. The van der Waals surface area contributed by atoms with E-state index in [0.29, 0.717) is 11.5 Å². The van der Waals surface area contributed by atoms with Gasteiger partial charge in [-0.2, -0.15) is 0 Å². The van der Waals surface area contributed by atoms with E-state index in [2.05, 4.69) is 0 Å². The Balaban J connectivity index is 0.00000147. The number of carbonyl (C=O) groups excluding carboxylic acids is 2. The van der Waals surface area contributed by atoms with E-state index in [0.717, 1.165) is 12.8 Å². The minimum atomic E-state index is -1.35. The molecule has 6 nitrogen and oxygen atoms in total. The van der Waals surface area contributed by atoms with Crippen LogP contribution in [0.2, 0.25) is 0 Å². The van der Waals surface area contributed by atoms with Crippen LogP contribution in [-0.2, 0) is 14.3 Å². The Labute approximate surface area is 142 Å². The second-order valence-electron chi connectivity index (χ2n) is 4.99. The molecular formula is C12H14NNaO5S. The number of thioether (sulfide) groups is 1. The maximum absolute atomic E-state index is 11.9. The summed E-state index contributed by atoms with van der Waals surface area (Å²) in [7, 11) is 0. The van der Waals surface area contributed by atoms with Crippen LogP contribution in [-0.4, -0.2) is 46.1 Å². The van der Waals surface area contributed by atoms with Crippen LogP contribution < -0.4 is 34.7 Å². The standard InChI is InChI=1S/C12H15NO5S.Na/c1-5(14)7-10(15)13-8(12(16)17)9(19-11(7)13)6-3-2-4-18-6;/h5-7,11,14H,2-4H2,1H3,(H,16,17);/q;+1/p-1/t5-,6+,7+,11-;/m1./s1. The minimum absolute atomic E-state index is 0. The van der Waals surface area contributed by atoms with Gasteiger partial charge in [-0.3, -0.25) is 9.69 Å². The Morgan fingerprint density at radius 3 is 2.80 bits per heavy atom. The number of aliphatic carboxylic acids is 1. The summed E-state index contributed by atoms with van der Waals surface area (Å²) < 4.78 is 5.50. The fraction of sp³-hybridized carbons (Fsp3) is 0.667. The molecule has 2 fully saturated rings. The third-order valence-electron chi connectivity index (χ3n) is 3.74. The number of fused-ring (bicyclic) bond motifs is 1. The average Bonchev–Trinajstić information content (AvgIpc) is 2.92. The van der Waals surface area contributed by atoms with Gasteiger partial charge in [0.05, 0.1) is 29.8 Å². The zero-order valence-corrected chi connectivity index (χ0v) is 14.2. The van der Waals surface area contributed by atoms with Crippen molar-refractivity contribution in [2.75, 3.05) is 6.61 Å². The largest absolute Gasteiger partial charge is 1.00 e. The molecule has 0 aliphatic carbocycles. The molecule has 3 aliphatic heterocycles. The number of β-lactam (4-membered cyclic amide) rings is 1. The molecule has 0 unspecified atom stereocenters. The molecule has 20 heavy (non-hydrogen) atoms. The smallest absolute Gasteiger partial charge is 0.543 e. The number of aliphatic hydroxyl groups excluding tert-OH is 1. The fourth-order valence-corrected chi connectivity index (χ4v) is 4.51. The third-order valence-corrected chi connectivity index (χ3v) is 5.20. The summed E-state index contributed by atoms with van der Waals surface area (Å²) in [5, 5.41) is 20.5. The number of carboxylic acids is 1. The van der Waals surface area contributed by atoms with Crippen molar-refractivity contribution >= 4 is 23.6 Å². The Hall–Kier alpha value is -0.0500. The van der Waals surface area contributed by atoms with E-state index in [4.69, 9.17) is 4.74 Å². The van der Waals surface area contributed by atoms with Gasteiger partial charge < -0.3 is 19.7 Å². The van der Waals surface area contributed by atoms with Crippen molar-refractivity contribution in [3.8, 4) is 0 Å². The molecular weight excluding hydrogens is 293 g/mol. The quantitative estimate of drug-likeness (QED) is 0.423. The number of nitrogens with zero attached hydrogens (tertiary/aromatic N) is 1. The summed E-state index contributed by atoms with van der Waals surface area (Å²) in [4.78, 5) is 25.0. The van der Waals surface area contributed by atoms with E-state index in [-0.39, 0.29) is 52.6 Å². The molecule has 104 valence electrons. The normalized spacial score (nSPS) is 33.6. The summed E-state index contributed by atoms with van der Waals surface area (Å²) in [6.45, 7) is 2.15. The number of amides is 1. The number of aliphatic hydroxyl groups is 1. The minimum Gasteiger partial charge on any atom is -0.543 e. The topological polar surface area (TPSA) is 89.9 Å². The van der Waals surface area contributed by atoms with Gasteiger partial charge in [0.25, 0.3) is 0 Å². The van der Waals surface area contributed by atoms with Gasteiger partial charge in [0.15, 0.2) is 0 Å². The molecule has 3 rings (SSSR count). The molecule has 0 aromatic heterocycles. The molecule has 0 bridgehead atoms. The average molecular weight is 307 g/mol. The number of ether oxygens (including phenoxy) is 1. The SMILES string of the molecule is C[C@@H](O)[C@H]1C(=O)N2C(C(=O)[O-])=C([C@@H]3CCCO3)S[C@H]12.[Na+]. The molecule has 0 saturated carbocycles. The first-order valence-corrected chi connectivity index (χ1v) is 7.15. The van der Waals surface area contributed by atoms with E-state index < -0.39 is 18.0 Å². The molecule has 4 atom stereocenters. The monoisotopic (exact) mass is 307 g/mol. The zero-order valence-electron chi connectivity index (χ0n) is 11.4. The van der Waals surface area contributed by atoms with E-state index in [9.17, 15) is 19.8 Å². The molecule has 0 spiro atoms. The summed E-state index contributed by atoms with van der Waals surface area (Å²) in [6, 6.07) is 0. The van der Waals surface area contributed by atoms with Crippen LogP contribution in [0.15, 0.2) is 10.6 Å². The van der Waals surface area contributed by atoms with E-state index in [1.807, 2.05) is 0 Å². The van der Waals surface area contributed by atoms with Crippen molar-refractivity contribution in [2.24, 2.45) is 5.92 Å². The molecule has 0 radical (unpaired) electrons. The molecule has 0 aromatic carbocycles. The summed E-state index contributed by atoms with van der Waals surface area (Å²) >= 11 is 1.31. The summed E-state index contributed by atoms with van der Waals surface area (Å²) in [5.41, 5.74) is -0.0659. The predicted octanol–water partition coefficient (Wildman–Crippen LogP) is -3.96. The Kier molecular flexibility index (Phi) is 4.88. The van der Waals surface area contributed by atoms with Crippen molar-refractivity contribution in [3.63, 3.8) is 0 Å². The first-order valence-electron chi connectivity index (χ1n) is 6.27. The Bertz CT molecular complexity index is 474. The van der Waals surface area contributed by atoms with Gasteiger partial charge in [0.1, 0.15) is 5.37 Å². The van der Waals surface area contributed by atoms with Crippen LogP contribution in [0.25, 0.3) is 0 Å². The zero-order chi connectivity index (χ0) is 13.7. The predicted molar refractivity (Wildman–Crippen MR) is 64.4 cm³/mol. The van der Waals surface area contributed by atoms with E-state index in [1.165, 1.54) is 16.7 Å². The number of rotatable bonds is 3. The second kappa shape index (κ2) is 5.98. The molecule has 2 saturated heterocycles. The number of carbonyl (C=O) groups is 2. The first kappa shape index (κ1) is 16.3. The van der Waals surface area contributed by atoms with E-state index in [1.54, 1.807) is 6.92 Å². The number of carboxylic acid groups (broad SMARTS) is 1. The van der Waals surface area contributed by atoms with Crippen molar-refractivity contribution in [3.05, 3.63) is 10.6 Å². The van der Waals surface area contributed by atoms with Gasteiger partial charge in [0.2, 0.25) is 5.91 Å². The number of hydrogen-bond donors (Lipinski definition) is 1. The van der Waals surface area contributed by atoms with E-state index >= 15 is 0 Å². The Morgan fingerprint density at radius 2 is 2.30 bits per heavy atom. The molecule has 1 N–H and O–H groups in total. The summed E-state index contributed by atoms with van der Waals surface area (Å²) in [6.07, 6.45) is 0.597. The fourth-order valence-electron chi connectivity index (χ4n) is 2.81. The molecule has 8 heteroatoms. The van der Waals surface area contributed by atoms with Crippen LogP contribution in [0.4, 0.5) is 0 Å². The van der Waals surface area contributed by atoms with Crippen molar-refractivity contribution in [1.82, 2.24) is 4.90 Å². The van der Waals surface area contributed by atoms with Crippen molar-refractivity contribution in [2.45, 2.75) is 37.3 Å². The molecule has 0 aromatic rings. The van der Waals surface area contributed by atoms with Crippen LogP contribution in [0, 0.1) is 5.92 Å². The first-order chi connectivity index (χ1) is 9.02. The molecule has 1 amide bonds. The van der Waals surface area contributed by atoms with Crippen LogP contribution in [0.1, 0.15) is 19.8 Å². The van der Waals surface area contributed by atoms with Gasteiger partial charge in [0, 0.05) is 11.5 Å². The van der Waals surface area contributed by atoms with Gasteiger partial charge in [-0.25, -0.2) is 0 Å². The van der Waals surface area contributed by atoms with Gasteiger partial charge >= 0.3 is 29.6 Å². The van der Waals surface area contributed by atoms with Gasteiger partial charge in [-0.05, 0) is 19.8 Å². The van der Waals surface area contributed by atoms with Gasteiger partial charge in [-0.1, -0.05) is 11.8 Å². The van der Waals surface area contributed by atoms with Crippen molar-refractivity contribution < 1.29 is 54.1 Å². The Morgan fingerprint density at radius 1 is 1.60 bits per heavy atom.